The van der Waals surface area contributed by atoms with Gasteiger partial charge in [-0.05, 0) is 55.3 Å². The first kappa shape index (κ1) is 28.6. The summed E-state index contributed by atoms with van der Waals surface area (Å²) in [5.74, 6) is -0.256. The van der Waals surface area contributed by atoms with E-state index in [1.54, 1.807) is 30.3 Å². The van der Waals surface area contributed by atoms with Gasteiger partial charge >= 0.3 is 6.61 Å². The predicted molar refractivity (Wildman–Crippen MR) is 136 cm³/mol. The van der Waals surface area contributed by atoms with Crippen molar-refractivity contribution in [1.82, 2.24) is 14.5 Å². The third-order valence-electron chi connectivity index (χ3n) is 6.36. The monoisotopic (exact) mass is 563 g/mol. The molecule has 1 saturated heterocycles. The van der Waals surface area contributed by atoms with Crippen LogP contribution in [0.3, 0.4) is 0 Å². The standard InChI is InChI=1S/C24H29Cl2F2N3O4S/c1-24(18-6-7-20(25)21(26)15-18,8-9-30-10-12-31(13-11-30)36(2,33)34)22(32)29-16-17-4-3-5-19(14-17)35-23(27)28/h3-7,14-15,23H,8-13,16H2,1-2H3,(H,29,32). The van der Waals surface area contributed by atoms with Crippen molar-refractivity contribution in [1.29, 1.82) is 0 Å². The molecule has 0 radical (unpaired) electrons. The summed E-state index contributed by atoms with van der Waals surface area (Å²) in [6, 6.07) is 11.2. The molecule has 0 aliphatic carbocycles. The minimum absolute atomic E-state index is 0.0113. The second-order valence-electron chi connectivity index (χ2n) is 8.92. The van der Waals surface area contributed by atoms with Crippen molar-refractivity contribution in [3.8, 4) is 5.75 Å². The number of carbonyl (C=O) groups excluding carboxylic acids is 1. The van der Waals surface area contributed by atoms with E-state index in [4.69, 9.17) is 23.2 Å². The van der Waals surface area contributed by atoms with Gasteiger partial charge in [0.25, 0.3) is 0 Å². The SMILES string of the molecule is CC(CCN1CCN(S(C)(=O)=O)CC1)(C(=O)NCc1cccc(OC(F)F)c1)c1ccc(Cl)c(Cl)c1. The number of amides is 1. The van der Waals surface area contributed by atoms with E-state index in [2.05, 4.69) is 15.0 Å². The maximum absolute atomic E-state index is 13.5. The maximum atomic E-state index is 13.5. The molecule has 1 aliphatic heterocycles. The summed E-state index contributed by atoms with van der Waals surface area (Å²) in [4.78, 5) is 15.6. The molecule has 2 aromatic rings. The number of sulfonamides is 1. The minimum atomic E-state index is -3.24. The van der Waals surface area contributed by atoms with Crippen LogP contribution in [0.4, 0.5) is 8.78 Å². The lowest BCUT2D eigenvalue weighted by Crippen LogP contribution is -2.50. The van der Waals surface area contributed by atoms with Crippen molar-refractivity contribution >= 4 is 39.1 Å². The van der Waals surface area contributed by atoms with Crippen molar-refractivity contribution < 1.29 is 26.7 Å². The number of benzene rings is 2. The predicted octanol–water partition coefficient (Wildman–Crippen LogP) is 4.14. The van der Waals surface area contributed by atoms with E-state index in [0.29, 0.717) is 60.3 Å². The summed E-state index contributed by atoms with van der Waals surface area (Å²) in [5, 5.41) is 3.60. The van der Waals surface area contributed by atoms with Crippen molar-refractivity contribution in [2.75, 3.05) is 39.0 Å². The molecule has 2 aromatic carbocycles. The highest BCUT2D eigenvalue weighted by Gasteiger charge is 2.36. The van der Waals surface area contributed by atoms with E-state index in [9.17, 15) is 22.0 Å². The molecule has 0 aromatic heterocycles. The molecule has 3 rings (SSSR count). The molecular weight excluding hydrogens is 535 g/mol. The normalized spacial score (nSPS) is 17.1. The summed E-state index contributed by atoms with van der Waals surface area (Å²) in [6.45, 7) is 1.45. The number of rotatable bonds is 10. The molecule has 198 valence electrons. The number of ether oxygens (including phenoxy) is 1. The molecule has 1 fully saturated rings. The van der Waals surface area contributed by atoms with Gasteiger partial charge < -0.3 is 15.0 Å². The Morgan fingerprint density at radius 1 is 1.11 bits per heavy atom. The molecule has 0 bridgehead atoms. The number of hydrogen-bond donors (Lipinski definition) is 1. The lowest BCUT2D eigenvalue weighted by atomic mass is 9.78. The number of hydrogen-bond acceptors (Lipinski definition) is 5. The molecule has 12 heteroatoms. The maximum Gasteiger partial charge on any atom is 0.387 e. The largest absolute Gasteiger partial charge is 0.435 e. The molecule has 36 heavy (non-hydrogen) atoms. The Kier molecular flexibility index (Phi) is 9.56. The molecule has 7 nitrogen and oxygen atoms in total. The highest BCUT2D eigenvalue weighted by Crippen LogP contribution is 2.33. The van der Waals surface area contributed by atoms with Crippen LogP contribution < -0.4 is 10.1 Å². The van der Waals surface area contributed by atoms with Gasteiger partial charge in [-0.3, -0.25) is 4.79 Å². The zero-order chi connectivity index (χ0) is 26.5. The van der Waals surface area contributed by atoms with E-state index in [-0.39, 0.29) is 18.2 Å². The van der Waals surface area contributed by atoms with Crippen LogP contribution in [0, 0.1) is 0 Å². The first-order valence-electron chi connectivity index (χ1n) is 11.3. The van der Waals surface area contributed by atoms with Gasteiger partial charge in [-0.15, -0.1) is 0 Å². The Labute approximate surface area is 220 Å². The highest BCUT2D eigenvalue weighted by molar-refractivity contribution is 7.88. The van der Waals surface area contributed by atoms with Crippen LogP contribution >= 0.6 is 23.2 Å². The first-order chi connectivity index (χ1) is 16.9. The molecule has 1 aliphatic rings. The topological polar surface area (TPSA) is 79.0 Å². The number of nitrogens with zero attached hydrogens (tertiary/aromatic N) is 2. The van der Waals surface area contributed by atoms with Gasteiger partial charge in [0.1, 0.15) is 5.75 Å². The minimum Gasteiger partial charge on any atom is -0.435 e. The van der Waals surface area contributed by atoms with Gasteiger partial charge in [-0.25, -0.2) is 8.42 Å². The highest BCUT2D eigenvalue weighted by atomic mass is 35.5. The van der Waals surface area contributed by atoms with Gasteiger partial charge in [-0.2, -0.15) is 13.1 Å². The van der Waals surface area contributed by atoms with Crippen LogP contribution in [0.15, 0.2) is 42.5 Å². The van der Waals surface area contributed by atoms with E-state index >= 15 is 0 Å². The van der Waals surface area contributed by atoms with Gasteiger partial charge in [0.2, 0.25) is 15.9 Å². The van der Waals surface area contributed by atoms with Gasteiger partial charge in [-0.1, -0.05) is 41.4 Å². The molecule has 1 N–H and O–H groups in total. The first-order valence-corrected chi connectivity index (χ1v) is 13.9. The van der Waals surface area contributed by atoms with Crippen LogP contribution in [-0.4, -0.2) is 69.1 Å². The number of carbonyl (C=O) groups is 1. The molecule has 1 unspecified atom stereocenters. The van der Waals surface area contributed by atoms with Gasteiger partial charge in [0.15, 0.2) is 0 Å². The summed E-state index contributed by atoms with van der Waals surface area (Å²) in [7, 11) is -3.24. The van der Waals surface area contributed by atoms with Gasteiger partial charge in [0.05, 0.1) is 21.7 Å². The summed E-state index contributed by atoms with van der Waals surface area (Å²) >= 11 is 12.3. The second-order valence-corrected chi connectivity index (χ2v) is 11.7. The van der Waals surface area contributed by atoms with Crippen LogP contribution in [-0.2, 0) is 26.8 Å². The van der Waals surface area contributed by atoms with Crippen LogP contribution in [0.5, 0.6) is 5.75 Å². The molecule has 1 atom stereocenters. The number of nitrogens with one attached hydrogen (secondary N) is 1. The van der Waals surface area contributed by atoms with E-state index in [0.717, 1.165) is 0 Å². The molecule has 1 heterocycles. The van der Waals surface area contributed by atoms with Crippen LogP contribution in [0.1, 0.15) is 24.5 Å². The fourth-order valence-corrected chi connectivity index (χ4v) is 5.23. The summed E-state index contributed by atoms with van der Waals surface area (Å²) in [6.07, 6.45) is 1.63. The van der Waals surface area contributed by atoms with Crippen molar-refractivity contribution in [2.24, 2.45) is 0 Å². The quantitative estimate of drug-likeness (QED) is 0.470. The number of alkyl halides is 2. The van der Waals surface area contributed by atoms with Crippen LogP contribution in [0.25, 0.3) is 0 Å². The Morgan fingerprint density at radius 3 is 2.42 bits per heavy atom. The number of piperazine rings is 1. The Hall–Kier alpha value is -1.98. The third kappa shape index (κ3) is 7.52. The van der Waals surface area contributed by atoms with Crippen LogP contribution in [0.2, 0.25) is 10.0 Å². The van der Waals surface area contributed by atoms with Crippen molar-refractivity contribution in [3.05, 3.63) is 63.6 Å². The Morgan fingerprint density at radius 2 is 1.81 bits per heavy atom. The van der Waals surface area contributed by atoms with Crippen molar-refractivity contribution in [2.45, 2.75) is 31.9 Å². The molecular formula is C24H29Cl2F2N3O4S. The second kappa shape index (κ2) is 12.0. The summed E-state index contributed by atoms with van der Waals surface area (Å²) < 4.78 is 54.5. The van der Waals surface area contributed by atoms with E-state index in [1.807, 2.05) is 6.92 Å². The molecule has 0 spiro atoms. The summed E-state index contributed by atoms with van der Waals surface area (Å²) in [5.41, 5.74) is 0.299. The zero-order valence-corrected chi connectivity index (χ0v) is 22.3. The smallest absolute Gasteiger partial charge is 0.387 e. The third-order valence-corrected chi connectivity index (χ3v) is 8.41. The lowest BCUT2D eigenvalue weighted by molar-refractivity contribution is -0.126. The average molecular weight is 564 g/mol. The molecule has 1 amide bonds. The fourth-order valence-electron chi connectivity index (χ4n) is 4.10. The zero-order valence-electron chi connectivity index (χ0n) is 20.0. The van der Waals surface area contributed by atoms with E-state index in [1.165, 1.54) is 22.7 Å². The van der Waals surface area contributed by atoms with Gasteiger partial charge in [0, 0.05) is 32.7 Å². The number of halogens is 4. The van der Waals surface area contributed by atoms with E-state index < -0.39 is 22.0 Å². The Balaban J connectivity index is 1.73. The lowest BCUT2D eigenvalue weighted by Gasteiger charge is -2.36. The Bertz CT molecular complexity index is 1180. The van der Waals surface area contributed by atoms with Crippen molar-refractivity contribution in [3.63, 3.8) is 0 Å². The fraction of sp³-hybridized carbons (Fsp3) is 0.458. The average Bonchev–Trinajstić information content (AvgIpc) is 2.82. The molecule has 0 saturated carbocycles.